The number of allylic oxidation sites excluding steroid dienone is 3. The van der Waals surface area contributed by atoms with E-state index in [-0.39, 0.29) is 5.57 Å². The van der Waals surface area contributed by atoms with Crippen LogP contribution in [0, 0.1) is 34.5 Å². The Morgan fingerprint density at radius 3 is 1.72 bits per heavy atom. The summed E-state index contributed by atoms with van der Waals surface area (Å²) in [6.45, 7) is 11.2. The SMILES string of the molecule is CCCCC(CC)CN(C=CC=C(C#N)C#N)CC(CC)CCCC. The van der Waals surface area contributed by atoms with E-state index in [1.807, 2.05) is 18.2 Å². The summed E-state index contributed by atoms with van der Waals surface area (Å²) in [5.41, 5.74) is 0.159. The molecule has 0 saturated heterocycles. The highest BCUT2D eigenvalue weighted by molar-refractivity contribution is 5.37. The fraction of sp³-hybridized carbons (Fsp3) is 0.727. The molecule has 3 heteroatoms. The third-order valence-electron chi connectivity index (χ3n) is 4.87. The predicted molar refractivity (Wildman–Crippen MR) is 107 cm³/mol. The van der Waals surface area contributed by atoms with Crippen LogP contribution in [0.25, 0.3) is 0 Å². The molecule has 0 aromatic carbocycles. The monoisotopic (exact) mass is 343 g/mol. The van der Waals surface area contributed by atoms with Gasteiger partial charge in [-0.25, -0.2) is 0 Å². The second kappa shape index (κ2) is 15.8. The minimum Gasteiger partial charge on any atom is -0.377 e. The van der Waals surface area contributed by atoms with Gasteiger partial charge in [0, 0.05) is 13.1 Å². The van der Waals surface area contributed by atoms with Crippen molar-refractivity contribution in [2.75, 3.05) is 13.1 Å². The van der Waals surface area contributed by atoms with Crippen molar-refractivity contribution in [3.8, 4) is 12.1 Å². The van der Waals surface area contributed by atoms with Gasteiger partial charge in [-0.1, -0.05) is 66.2 Å². The molecule has 0 aromatic rings. The number of nitriles is 2. The highest BCUT2D eigenvalue weighted by atomic mass is 15.1. The van der Waals surface area contributed by atoms with E-state index in [4.69, 9.17) is 10.5 Å². The molecule has 3 nitrogen and oxygen atoms in total. The molecule has 0 amide bonds. The van der Waals surface area contributed by atoms with Gasteiger partial charge in [0.2, 0.25) is 0 Å². The molecule has 0 N–H and O–H groups in total. The van der Waals surface area contributed by atoms with Gasteiger partial charge in [-0.15, -0.1) is 0 Å². The van der Waals surface area contributed by atoms with Gasteiger partial charge < -0.3 is 4.90 Å². The first-order valence-corrected chi connectivity index (χ1v) is 10.1. The highest BCUT2D eigenvalue weighted by Crippen LogP contribution is 2.19. The third kappa shape index (κ3) is 11.4. The number of unbranched alkanes of at least 4 members (excludes halogenated alkanes) is 2. The molecule has 0 rings (SSSR count). The number of rotatable bonds is 14. The lowest BCUT2D eigenvalue weighted by Crippen LogP contribution is -2.29. The molecule has 0 aliphatic heterocycles. The van der Waals surface area contributed by atoms with Crippen LogP contribution < -0.4 is 0 Å². The number of hydrogen-bond donors (Lipinski definition) is 0. The summed E-state index contributed by atoms with van der Waals surface area (Å²) in [5.74, 6) is 1.42. The van der Waals surface area contributed by atoms with E-state index in [1.54, 1.807) is 6.08 Å². The van der Waals surface area contributed by atoms with Gasteiger partial charge in [0.05, 0.1) is 0 Å². The van der Waals surface area contributed by atoms with Gasteiger partial charge >= 0.3 is 0 Å². The Morgan fingerprint density at radius 1 is 0.880 bits per heavy atom. The van der Waals surface area contributed by atoms with Gasteiger partial charge in [0.25, 0.3) is 0 Å². The smallest absolute Gasteiger partial charge is 0.129 e. The molecule has 0 bridgehead atoms. The Kier molecular flexibility index (Phi) is 14.7. The van der Waals surface area contributed by atoms with Crippen LogP contribution in [0.1, 0.15) is 79.1 Å². The van der Waals surface area contributed by atoms with Crippen LogP contribution >= 0.6 is 0 Å². The maximum Gasteiger partial charge on any atom is 0.129 e. The number of hydrogen-bond acceptors (Lipinski definition) is 3. The Hall–Kier alpha value is -1.74. The largest absolute Gasteiger partial charge is 0.377 e. The van der Waals surface area contributed by atoms with Crippen LogP contribution in [-0.2, 0) is 0 Å². The van der Waals surface area contributed by atoms with Crippen LogP contribution in [0.5, 0.6) is 0 Å². The third-order valence-corrected chi connectivity index (χ3v) is 4.87. The molecule has 0 saturated carbocycles. The van der Waals surface area contributed by atoms with E-state index in [9.17, 15) is 0 Å². The topological polar surface area (TPSA) is 50.8 Å². The Bertz CT molecular complexity index is 431. The summed E-state index contributed by atoms with van der Waals surface area (Å²) < 4.78 is 0. The Balaban J connectivity index is 5.01. The van der Waals surface area contributed by atoms with Gasteiger partial charge in [-0.05, 0) is 43.0 Å². The molecule has 0 fully saturated rings. The van der Waals surface area contributed by atoms with E-state index >= 15 is 0 Å². The quantitative estimate of drug-likeness (QED) is 0.278. The fourth-order valence-corrected chi connectivity index (χ4v) is 3.05. The van der Waals surface area contributed by atoms with Crippen LogP contribution in [0.2, 0.25) is 0 Å². The van der Waals surface area contributed by atoms with E-state index in [0.29, 0.717) is 11.8 Å². The normalized spacial score (nSPS) is 13.0. The molecule has 140 valence electrons. The van der Waals surface area contributed by atoms with Crippen molar-refractivity contribution >= 4 is 0 Å². The van der Waals surface area contributed by atoms with Crippen molar-refractivity contribution in [1.82, 2.24) is 4.90 Å². The lowest BCUT2D eigenvalue weighted by molar-refractivity contribution is 0.239. The second-order valence-electron chi connectivity index (χ2n) is 6.93. The Labute approximate surface area is 156 Å². The number of nitrogens with zero attached hydrogens (tertiary/aromatic N) is 3. The van der Waals surface area contributed by atoms with Crippen molar-refractivity contribution in [1.29, 1.82) is 10.5 Å². The molecule has 2 atom stereocenters. The van der Waals surface area contributed by atoms with Crippen LogP contribution in [0.4, 0.5) is 0 Å². The minimum atomic E-state index is 0.159. The zero-order chi connectivity index (χ0) is 18.9. The van der Waals surface area contributed by atoms with Crippen molar-refractivity contribution in [2.45, 2.75) is 79.1 Å². The first-order chi connectivity index (χ1) is 12.1. The first-order valence-electron chi connectivity index (χ1n) is 10.1. The van der Waals surface area contributed by atoms with Crippen molar-refractivity contribution in [3.63, 3.8) is 0 Å². The molecule has 0 heterocycles. The maximum absolute atomic E-state index is 8.86. The molecule has 25 heavy (non-hydrogen) atoms. The van der Waals surface area contributed by atoms with Crippen LogP contribution in [0.3, 0.4) is 0 Å². The first kappa shape index (κ1) is 23.3. The van der Waals surface area contributed by atoms with Gasteiger partial charge in [-0.3, -0.25) is 0 Å². The predicted octanol–water partition coefficient (Wildman–Crippen LogP) is 6.21. The summed E-state index contributed by atoms with van der Waals surface area (Å²) in [6, 6.07) is 3.83. The standard InChI is InChI=1S/C22H37N3/c1-5-9-12-20(7-3)18-25(15-11-14-22(16-23)17-24)19-21(8-4)13-10-6-2/h11,14-15,20-21H,5-10,12-13,18-19H2,1-4H3. The van der Waals surface area contributed by atoms with E-state index in [2.05, 4.69) is 38.8 Å². The molecule has 0 aromatic heterocycles. The van der Waals surface area contributed by atoms with Crippen molar-refractivity contribution in [2.24, 2.45) is 11.8 Å². The van der Waals surface area contributed by atoms with Crippen molar-refractivity contribution < 1.29 is 0 Å². The zero-order valence-electron chi connectivity index (χ0n) is 16.8. The highest BCUT2D eigenvalue weighted by Gasteiger charge is 2.14. The lowest BCUT2D eigenvalue weighted by Gasteiger charge is -2.29. The fourth-order valence-electron chi connectivity index (χ4n) is 3.05. The van der Waals surface area contributed by atoms with E-state index in [1.165, 1.54) is 51.4 Å². The average Bonchev–Trinajstić information content (AvgIpc) is 2.64. The summed E-state index contributed by atoms with van der Waals surface area (Å²) in [5, 5.41) is 17.7. The van der Waals surface area contributed by atoms with Crippen LogP contribution in [0.15, 0.2) is 23.9 Å². The van der Waals surface area contributed by atoms with Crippen molar-refractivity contribution in [3.05, 3.63) is 23.9 Å². The van der Waals surface area contributed by atoms with E-state index in [0.717, 1.165) is 13.1 Å². The second-order valence-corrected chi connectivity index (χ2v) is 6.93. The molecular weight excluding hydrogens is 306 g/mol. The molecule has 2 unspecified atom stereocenters. The minimum absolute atomic E-state index is 0.159. The summed E-state index contributed by atoms with van der Waals surface area (Å²) in [6.07, 6.45) is 15.6. The molecular formula is C22H37N3. The molecule has 0 aliphatic carbocycles. The molecule has 0 spiro atoms. The maximum atomic E-state index is 8.86. The van der Waals surface area contributed by atoms with Gasteiger partial charge in [0.1, 0.15) is 17.7 Å². The Morgan fingerprint density at radius 2 is 1.36 bits per heavy atom. The molecule has 0 aliphatic rings. The summed E-state index contributed by atoms with van der Waals surface area (Å²) >= 11 is 0. The van der Waals surface area contributed by atoms with E-state index < -0.39 is 0 Å². The lowest BCUT2D eigenvalue weighted by atomic mass is 9.96. The van der Waals surface area contributed by atoms with Gasteiger partial charge in [-0.2, -0.15) is 10.5 Å². The van der Waals surface area contributed by atoms with Crippen LogP contribution in [-0.4, -0.2) is 18.0 Å². The summed E-state index contributed by atoms with van der Waals surface area (Å²) in [4.78, 5) is 2.41. The van der Waals surface area contributed by atoms with Gasteiger partial charge in [0.15, 0.2) is 0 Å². The molecule has 0 radical (unpaired) electrons. The summed E-state index contributed by atoms with van der Waals surface area (Å²) in [7, 11) is 0. The average molecular weight is 344 g/mol. The zero-order valence-corrected chi connectivity index (χ0v) is 16.8.